The predicted molar refractivity (Wildman–Crippen MR) is 98.4 cm³/mol. The molecule has 132 valence electrons. The Morgan fingerprint density at radius 1 is 1.08 bits per heavy atom. The van der Waals surface area contributed by atoms with Crippen LogP contribution in [0, 0.1) is 0 Å². The Morgan fingerprint density at radius 2 is 1.84 bits per heavy atom. The maximum absolute atomic E-state index is 12.4. The molecule has 0 aliphatic carbocycles. The Kier molecular flexibility index (Phi) is 5.42. The highest BCUT2D eigenvalue weighted by Gasteiger charge is 2.21. The van der Waals surface area contributed by atoms with Gasteiger partial charge in [0.25, 0.3) is 0 Å². The lowest BCUT2D eigenvalue weighted by molar-refractivity contribution is -0.115. The molecule has 2 aromatic carbocycles. The number of benzene rings is 2. The summed E-state index contributed by atoms with van der Waals surface area (Å²) in [7, 11) is -3.56. The number of amides is 1. The fraction of sp³-hybridized carbons (Fsp3) is 0.278. The quantitative estimate of drug-likeness (QED) is 0.727. The number of halogens is 1. The Labute approximate surface area is 152 Å². The molecule has 1 aliphatic rings. The smallest absolute Gasteiger partial charge is 0.240 e. The van der Waals surface area contributed by atoms with E-state index in [-0.39, 0.29) is 17.2 Å². The van der Waals surface area contributed by atoms with Crippen LogP contribution in [0.2, 0.25) is 5.02 Å². The minimum absolute atomic E-state index is 0.111. The second-order valence-electron chi connectivity index (χ2n) is 6.03. The number of fused-ring (bicyclic) bond motifs is 1. The molecule has 3 rings (SSSR count). The number of carbonyl (C=O) groups excluding carboxylic acids is 1. The average Bonchev–Trinajstić information content (AvgIpc) is 2.95. The summed E-state index contributed by atoms with van der Waals surface area (Å²) in [6, 6.07) is 12.4. The normalized spacial score (nSPS) is 13.6. The van der Waals surface area contributed by atoms with Crippen molar-refractivity contribution in [1.82, 2.24) is 4.72 Å². The van der Waals surface area contributed by atoms with Crippen molar-refractivity contribution >= 4 is 33.2 Å². The van der Waals surface area contributed by atoms with Crippen molar-refractivity contribution in [1.29, 1.82) is 0 Å². The van der Waals surface area contributed by atoms with Crippen LogP contribution in [0.15, 0.2) is 47.4 Å². The molecule has 0 spiro atoms. The van der Waals surface area contributed by atoms with Gasteiger partial charge in [0.1, 0.15) is 0 Å². The van der Waals surface area contributed by atoms with Crippen LogP contribution in [0.4, 0.5) is 5.69 Å². The number of sulfonamides is 1. The van der Waals surface area contributed by atoms with E-state index in [1.807, 2.05) is 24.3 Å². The minimum atomic E-state index is -3.56. The van der Waals surface area contributed by atoms with Gasteiger partial charge in [-0.25, -0.2) is 13.1 Å². The summed E-state index contributed by atoms with van der Waals surface area (Å²) in [6.45, 7) is 0.379. The van der Waals surface area contributed by atoms with E-state index >= 15 is 0 Å². The van der Waals surface area contributed by atoms with Gasteiger partial charge >= 0.3 is 0 Å². The third kappa shape index (κ3) is 4.60. The molecule has 0 aromatic heterocycles. The van der Waals surface area contributed by atoms with Gasteiger partial charge in [0.05, 0.1) is 11.3 Å². The van der Waals surface area contributed by atoms with Gasteiger partial charge < -0.3 is 5.32 Å². The first kappa shape index (κ1) is 17.9. The van der Waals surface area contributed by atoms with Gasteiger partial charge in [0.2, 0.25) is 15.9 Å². The summed E-state index contributed by atoms with van der Waals surface area (Å²) in [5, 5.41) is 3.40. The molecule has 0 unspecified atom stereocenters. The van der Waals surface area contributed by atoms with E-state index in [1.54, 1.807) is 12.1 Å². The van der Waals surface area contributed by atoms with Crippen LogP contribution in [0.1, 0.15) is 24.0 Å². The van der Waals surface area contributed by atoms with Crippen LogP contribution in [0.5, 0.6) is 0 Å². The highest BCUT2D eigenvalue weighted by Crippen LogP contribution is 2.25. The van der Waals surface area contributed by atoms with Crippen LogP contribution in [-0.2, 0) is 27.7 Å². The van der Waals surface area contributed by atoms with Crippen LogP contribution in [0.25, 0.3) is 0 Å². The highest BCUT2D eigenvalue weighted by atomic mass is 35.5. The molecule has 1 amide bonds. The molecule has 0 saturated heterocycles. The molecule has 0 saturated carbocycles. The summed E-state index contributed by atoms with van der Waals surface area (Å²) >= 11 is 5.85. The third-order valence-electron chi connectivity index (χ3n) is 4.11. The van der Waals surface area contributed by atoms with Crippen molar-refractivity contribution in [2.75, 3.05) is 11.9 Å². The molecule has 0 bridgehead atoms. The molecule has 2 N–H and O–H groups in total. The number of carbonyl (C=O) groups is 1. The average molecular weight is 379 g/mol. The van der Waals surface area contributed by atoms with E-state index < -0.39 is 10.0 Å². The van der Waals surface area contributed by atoms with E-state index in [0.29, 0.717) is 17.3 Å². The van der Waals surface area contributed by atoms with E-state index in [0.717, 1.165) is 24.8 Å². The lowest BCUT2D eigenvalue weighted by Crippen LogP contribution is -2.25. The van der Waals surface area contributed by atoms with Gasteiger partial charge in [-0.3, -0.25) is 4.79 Å². The fourth-order valence-corrected chi connectivity index (χ4v) is 4.02. The molecule has 0 radical (unpaired) electrons. The SMILES string of the molecule is O=C1Cc2cc(S(=O)(=O)NCCCCc3ccc(Cl)cc3)ccc2N1. The van der Waals surface area contributed by atoms with Gasteiger partial charge in [0.15, 0.2) is 0 Å². The lowest BCUT2D eigenvalue weighted by atomic mass is 10.1. The first-order valence-corrected chi connectivity index (χ1v) is 9.97. The van der Waals surface area contributed by atoms with E-state index in [4.69, 9.17) is 11.6 Å². The molecule has 1 aliphatic heterocycles. The first-order valence-electron chi connectivity index (χ1n) is 8.11. The number of unbranched alkanes of at least 4 members (excludes halogenated alkanes) is 1. The van der Waals surface area contributed by atoms with Crippen molar-refractivity contribution in [2.45, 2.75) is 30.6 Å². The van der Waals surface area contributed by atoms with Crippen LogP contribution in [-0.4, -0.2) is 20.9 Å². The van der Waals surface area contributed by atoms with Crippen molar-refractivity contribution in [3.63, 3.8) is 0 Å². The van der Waals surface area contributed by atoms with Crippen LogP contribution < -0.4 is 10.0 Å². The number of hydrogen-bond acceptors (Lipinski definition) is 3. The van der Waals surface area contributed by atoms with Crippen molar-refractivity contribution in [3.05, 3.63) is 58.6 Å². The van der Waals surface area contributed by atoms with Gasteiger partial charge in [-0.05, 0) is 60.7 Å². The zero-order valence-electron chi connectivity index (χ0n) is 13.6. The maximum atomic E-state index is 12.4. The summed E-state index contributed by atoms with van der Waals surface area (Å²) in [5.74, 6) is -0.111. The second kappa shape index (κ2) is 7.56. The number of nitrogens with one attached hydrogen (secondary N) is 2. The minimum Gasteiger partial charge on any atom is -0.326 e. The molecule has 0 fully saturated rings. The number of anilines is 1. The van der Waals surface area contributed by atoms with Crippen LogP contribution in [0.3, 0.4) is 0 Å². The van der Waals surface area contributed by atoms with Gasteiger partial charge in [-0.2, -0.15) is 0 Å². The van der Waals surface area contributed by atoms with E-state index in [9.17, 15) is 13.2 Å². The van der Waals surface area contributed by atoms with Gasteiger partial charge in [-0.1, -0.05) is 23.7 Å². The number of aryl methyl sites for hydroxylation is 1. The monoisotopic (exact) mass is 378 g/mol. The van der Waals surface area contributed by atoms with E-state index in [1.165, 1.54) is 11.6 Å². The molecule has 0 atom stereocenters. The second-order valence-corrected chi connectivity index (χ2v) is 8.23. The number of rotatable bonds is 7. The summed E-state index contributed by atoms with van der Waals surface area (Å²) in [4.78, 5) is 11.6. The summed E-state index contributed by atoms with van der Waals surface area (Å²) in [5.41, 5.74) is 2.59. The largest absolute Gasteiger partial charge is 0.326 e. The highest BCUT2D eigenvalue weighted by molar-refractivity contribution is 7.89. The van der Waals surface area contributed by atoms with Crippen molar-refractivity contribution < 1.29 is 13.2 Å². The molecule has 2 aromatic rings. The first-order chi connectivity index (χ1) is 11.9. The zero-order valence-corrected chi connectivity index (χ0v) is 15.2. The third-order valence-corrected chi connectivity index (χ3v) is 5.82. The fourth-order valence-electron chi connectivity index (χ4n) is 2.77. The molecular formula is C18H19ClN2O3S. The van der Waals surface area contributed by atoms with Gasteiger partial charge in [-0.15, -0.1) is 0 Å². The Hall–Kier alpha value is -1.89. The Bertz CT molecular complexity index is 880. The van der Waals surface area contributed by atoms with Crippen molar-refractivity contribution in [3.8, 4) is 0 Å². The molecule has 5 nitrogen and oxygen atoms in total. The van der Waals surface area contributed by atoms with Gasteiger partial charge in [0, 0.05) is 17.3 Å². The zero-order chi connectivity index (χ0) is 17.9. The Morgan fingerprint density at radius 3 is 2.60 bits per heavy atom. The molecular weight excluding hydrogens is 360 g/mol. The maximum Gasteiger partial charge on any atom is 0.240 e. The molecule has 7 heteroatoms. The number of hydrogen-bond donors (Lipinski definition) is 2. The standard InChI is InChI=1S/C18H19ClN2O3S/c19-15-6-4-13(5-7-15)3-1-2-10-20-25(23,24)16-8-9-17-14(11-16)12-18(22)21-17/h4-9,11,20H,1-3,10,12H2,(H,21,22). The van der Waals surface area contributed by atoms with Crippen LogP contribution >= 0.6 is 11.6 Å². The van der Waals surface area contributed by atoms with Crippen molar-refractivity contribution in [2.24, 2.45) is 0 Å². The molecule has 1 heterocycles. The van der Waals surface area contributed by atoms with E-state index in [2.05, 4.69) is 10.0 Å². The topological polar surface area (TPSA) is 75.3 Å². The summed E-state index contributed by atoms with van der Waals surface area (Å²) in [6.07, 6.45) is 2.73. The lowest BCUT2D eigenvalue weighted by Gasteiger charge is -2.08. The Balaban J connectivity index is 1.50. The predicted octanol–water partition coefficient (Wildman–Crippen LogP) is 3.14. The molecule has 25 heavy (non-hydrogen) atoms. The summed E-state index contributed by atoms with van der Waals surface area (Å²) < 4.78 is 27.3.